The second-order valence-electron chi connectivity index (χ2n) is 4.93. The number of pyridine rings is 1. The molecule has 0 aliphatic heterocycles. The van der Waals surface area contributed by atoms with Gasteiger partial charge in [0.25, 0.3) is 0 Å². The van der Waals surface area contributed by atoms with Crippen LogP contribution < -0.4 is 0 Å². The van der Waals surface area contributed by atoms with Crippen LogP contribution >= 0.6 is 23.2 Å². The average molecular weight is 359 g/mol. The molecule has 1 aromatic carbocycles. The van der Waals surface area contributed by atoms with Gasteiger partial charge in [0.05, 0.1) is 5.02 Å². The Bertz CT molecular complexity index is 765. The first kappa shape index (κ1) is 17.2. The summed E-state index contributed by atoms with van der Waals surface area (Å²) >= 11 is 12.0. The number of hydrogen-bond acceptors (Lipinski definition) is 3. The van der Waals surface area contributed by atoms with E-state index < -0.39 is 10.0 Å². The van der Waals surface area contributed by atoms with Crippen LogP contribution in [-0.4, -0.2) is 31.3 Å². The molecule has 0 N–H and O–H groups in total. The lowest BCUT2D eigenvalue weighted by Crippen LogP contribution is -2.29. The predicted octanol–water partition coefficient (Wildman–Crippen LogP) is 3.56. The first-order valence-electron chi connectivity index (χ1n) is 6.64. The van der Waals surface area contributed by atoms with Crippen molar-refractivity contribution in [1.29, 1.82) is 0 Å². The van der Waals surface area contributed by atoms with Gasteiger partial charge in [0.15, 0.2) is 0 Å². The Hall–Kier alpha value is -1.14. The van der Waals surface area contributed by atoms with E-state index in [1.807, 2.05) is 18.2 Å². The average Bonchev–Trinajstić information content (AvgIpc) is 2.49. The summed E-state index contributed by atoms with van der Waals surface area (Å²) in [6.45, 7) is 2.06. The van der Waals surface area contributed by atoms with Gasteiger partial charge in [0.2, 0.25) is 10.0 Å². The molecule has 0 radical (unpaired) electrons. The third-order valence-electron chi connectivity index (χ3n) is 3.31. The zero-order chi connectivity index (χ0) is 16.3. The van der Waals surface area contributed by atoms with Crippen molar-refractivity contribution in [3.8, 4) is 0 Å². The number of benzene rings is 1. The van der Waals surface area contributed by atoms with E-state index in [1.54, 1.807) is 13.1 Å². The maximum absolute atomic E-state index is 12.6. The predicted molar refractivity (Wildman–Crippen MR) is 89.0 cm³/mol. The third-order valence-corrected chi connectivity index (χ3v) is 6.04. The van der Waals surface area contributed by atoms with E-state index in [0.717, 1.165) is 5.69 Å². The quantitative estimate of drug-likeness (QED) is 0.820. The maximum Gasteiger partial charge on any atom is 0.244 e. The molecule has 7 heteroatoms. The van der Waals surface area contributed by atoms with Crippen LogP contribution in [0.2, 0.25) is 10.0 Å². The van der Waals surface area contributed by atoms with Crippen molar-refractivity contribution >= 4 is 33.2 Å². The van der Waals surface area contributed by atoms with Crippen LogP contribution in [0, 0.1) is 6.92 Å². The smallest absolute Gasteiger partial charge is 0.244 e. The van der Waals surface area contributed by atoms with Crippen LogP contribution in [0.5, 0.6) is 0 Å². The van der Waals surface area contributed by atoms with Gasteiger partial charge in [0.1, 0.15) is 4.90 Å². The zero-order valence-electron chi connectivity index (χ0n) is 12.3. The molecular formula is C15H16Cl2N2O2S. The van der Waals surface area contributed by atoms with E-state index >= 15 is 0 Å². The Balaban J connectivity index is 2.21. The lowest BCUT2D eigenvalue weighted by molar-refractivity contribution is 0.471. The molecule has 2 rings (SSSR count). The summed E-state index contributed by atoms with van der Waals surface area (Å²) in [4.78, 5) is 4.25. The molecule has 0 atom stereocenters. The number of nitrogens with zero attached hydrogens (tertiary/aromatic N) is 2. The largest absolute Gasteiger partial charge is 0.261 e. The molecular weight excluding hydrogens is 343 g/mol. The van der Waals surface area contributed by atoms with Crippen LogP contribution in [0.25, 0.3) is 0 Å². The highest BCUT2D eigenvalue weighted by Gasteiger charge is 2.24. The third kappa shape index (κ3) is 3.79. The minimum absolute atomic E-state index is 0.0691. The summed E-state index contributed by atoms with van der Waals surface area (Å²) in [6.07, 6.45) is 2.21. The summed E-state index contributed by atoms with van der Waals surface area (Å²) in [5.74, 6) is 0. The van der Waals surface area contributed by atoms with E-state index in [1.165, 1.54) is 23.5 Å². The molecule has 0 aliphatic carbocycles. The van der Waals surface area contributed by atoms with Crippen LogP contribution in [0.1, 0.15) is 11.3 Å². The van der Waals surface area contributed by atoms with Crippen molar-refractivity contribution in [3.05, 3.63) is 57.8 Å². The molecule has 1 heterocycles. The number of sulfonamides is 1. The Kier molecular flexibility index (Phi) is 5.45. The molecule has 0 saturated carbocycles. The molecule has 0 saturated heterocycles. The summed E-state index contributed by atoms with van der Waals surface area (Å²) < 4.78 is 26.5. The number of halogens is 2. The van der Waals surface area contributed by atoms with Crippen molar-refractivity contribution in [2.24, 2.45) is 0 Å². The van der Waals surface area contributed by atoms with Gasteiger partial charge in [-0.1, -0.05) is 29.3 Å². The Morgan fingerprint density at radius 1 is 1.18 bits per heavy atom. The van der Waals surface area contributed by atoms with Gasteiger partial charge in [-0.05, 0) is 36.8 Å². The van der Waals surface area contributed by atoms with Gasteiger partial charge < -0.3 is 0 Å². The molecule has 0 amide bonds. The van der Waals surface area contributed by atoms with Gasteiger partial charge in [-0.3, -0.25) is 4.98 Å². The highest BCUT2D eigenvalue weighted by molar-refractivity contribution is 7.89. The molecule has 4 nitrogen and oxygen atoms in total. The topological polar surface area (TPSA) is 50.3 Å². The molecule has 118 valence electrons. The minimum Gasteiger partial charge on any atom is -0.261 e. The fourth-order valence-electron chi connectivity index (χ4n) is 1.93. The van der Waals surface area contributed by atoms with Crippen LogP contribution in [0.3, 0.4) is 0 Å². The normalized spacial score (nSPS) is 11.9. The highest BCUT2D eigenvalue weighted by atomic mass is 35.5. The fourth-order valence-corrected chi connectivity index (χ4v) is 3.91. The highest BCUT2D eigenvalue weighted by Crippen LogP contribution is 2.29. The summed E-state index contributed by atoms with van der Waals surface area (Å²) in [5.41, 5.74) is 1.51. The second-order valence-corrected chi connectivity index (χ2v) is 7.76. The van der Waals surface area contributed by atoms with Crippen LogP contribution in [0.4, 0.5) is 0 Å². The molecule has 22 heavy (non-hydrogen) atoms. The fraction of sp³-hybridized carbons (Fsp3) is 0.267. The van der Waals surface area contributed by atoms with Crippen molar-refractivity contribution < 1.29 is 8.42 Å². The summed E-state index contributed by atoms with van der Waals surface area (Å²) in [6, 6.07) is 8.51. The SMILES string of the molecule is Cc1cc(S(=O)(=O)N(C)CCc2ccccn2)c(Cl)cc1Cl. The second kappa shape index (κ2) is 6.96. The summed E-state index contributed by atoms with van der Waals surface area (Å²) in [5, 5.41) is 0.570. The standard InChI is InChI=1S/C15H16Cl2N2O2S/c1-11-9-15(14(17)10-13(11)16)22(20,21)19(2)8-6-12-5-3-4-7-18-12/h3-5,7,9-10H,6,8H2,1-2H3. The van der Waals surface area contributed by atoms with E-state index in [4.69, 9.17) is 23.2 Å². The number of aromatic nitrogens is 1. The van der Waals surface area contributed by atoms with Gasteiger partial charge in [-0.2, -0.15) is 0 Å². The van der Waals surface area contributed by atoms with Gasteiger partial charge in [-0.15, -0.1) is 0 Å². The molecule has 0 bridgehead atoms. The number of hydrogen-bond donors (Lipinski definition) is 0. The van der Waals surface area contributed by atoms with Crippen molar-refractivity contribution in [3.63, 3.8) is 0 Å². The van der Waals surface area contributed by atoms with Crippen molar-refractivity contribution in [2.75, 3.05) is 13.6 Å². The Morgan fingerprint density at radius 3 is 2.55 bits per heavy atom. The van der Waals surface area contributed by atoms with Crippen LogP contribution in [-0.2, 0) is 16.4 Å². The van der Waals surface area contributed by atoms with Gasteiger partial charge >= 0.3 is 0 Å². The van der Waals surface area contributed by atoms with Crippen molar-refractivity contribution in [1.82, 2.24) is 9.29 Å². The molecule has 0 unspecified atom stereocenters. The lowest BCUT2D eigenvalue weighted by Gasteiger charge is -2.18. The Morgan fingerprint density at radius 2 is 1.91 bits per heavy atom. The van der Waals surface area contributed by atoms with Crippen molar-refractivity contribution in [2.45, 2.75) is 18.2 Å². The number of rotatable bonds is 5. The first-order valence-corrected chi connectivity index (χ1v) is 8.84. The van der Waals surface area contributed by atoms with Gasteiger partial charge in [-0.25, -0.2) is 12.7 Å². The minimum atomic E-state index is -3.66. The summed E-state index contributed by atoms with van der Waals surface area (Å²) in [7, 11) is -2.14. The molecule has 0 fully saturated rings. The van der Waals surface area contributed by atoms with Crippen LogP contribution in [0.15, 0.2) is 41.4 Å². The monoisotopic (exact) mass is 358 g/mol. The van der Waals surface area contributed by atoms with E-state index in [9.17, 15) is 8.42 Å². The lowest BCUT2D eigenvalue weighted by atomic mass is 10.2. The number of likely N-dealkylation sites (N-methyl/N-ethyl adjacent to an activating group) is 1. The zero-order valence-corrected chi connectivity index (χ0v) is 14.6. The van der Waals surface area contributed by atoms with Gasteiger partial charge in [0, 0.05) is 36.9 Å². The van der Waals surface area contributed by atoms with E-state index in [-0.39, 0.29) is 9.92 Å². The number of aryl methyl sites for hydroxylation is 1. The Labute approximate surface area is 140 Å². The maximum atomic E-state index is 12.6. The molecule has 1 aromatic heterocycles. The van der Waals surface area contributed by atoms with E-state index in [0.29, 0.717) is 23.6 Å². The molecule has 0 spiro atoms. The van der Waals surface area contributed by atoms with E-state index in [2.05, 4.69) is 4.98 Å². The molecule has 2 aromatic rings. The first-order chi connectivity index (χ1) is 10.3. The molecule has 0 aliphatic rings.